The molecular formula is C16H23N3O2. The van der Waals surface area contributed by atoms with E-state index in [0.29, 0.717) is 18.5 Å². The molecule has 0 saturated carbocycles. The summed E-state index contributed by atoms with van der Waals surface area (Å²) >= 11 is 0. The molecule has 2 aromatic rings. The van der Waals surface area contributed by atoms with Crippen molar-refractivity contribution in [2.45, 2.75) is 33.1 Å². The van der Waals surface area contributed by atoms with Crippen LogP contribution in [0.3, 0.4) is 0 Å². The molecule has 0 radical (unpaired) electrons. The number of amides is 1. The summed E-state index contributed by atoms with van der Waals surface area (Å²) in [5.74, 6) is -0.0806. The molecule has 1 amide bonds. The number of hydrogen-bond donors (Lipinski definition) is 2. The molecule has 0 bridgehead atoms. The Balaban J connectivity index is 2.06. The minimum absolute atomic E-state index is 0.0227. The summed E-state index contributed by atoms with van der Waals surface area (Å²) in [6.45, 7) is 4.94. The fourth-order valence-corrected chi connectivity index (χ4v) is 2.61. The zero-order chi connectivity index (χ0) is 15.3. The summed E-state index contributed by atoms with van der Waals surface area (Å²) in [6, 6.07) is 3.61. The zero-order valence-corrected chi connectivity index (χ0v) is 12.7. The molecule has 0 aromatic carbocycles. The zero-order valence-electron chi connectivity index (χ0n) is 12.7. The van der Waals surface area contributed by atoms with Gasteiger partial charge < -0.3 is 14.8 Å². The van der Waals surface area contributed by atoms with Crippen LogP contribution in [0.2, 0.25) is 0 Å². The highest BCUT2D eigenvalue weighted by atomic mass is 16.3. The SMILES string of the molecule is CCC(CC)(CCO)CNC(=O)c1ccn2cncc2c1. The van der Waals surface area contributed by atoms with E-state index in [4.69, 9.17) is 0 Å². The van der Waals surface area contributed by atoms with E-state index in [2.05, 4.69) is 24.1 Å². The lowest BCUT2D eigenvalue weighted by molar-refractivity contribution is 0.0907. The van der Waals surface area contributed by atoms with Gasteiger partial charge in [-0.15, -0.1) is 0 Å². The molecule has 2 aromatic heterocycles. The molecule has 5 heteroatoms. The number of imidazole rings is 1. The van der Waals surface area contributed by atoms with Crippen LogP contribution in [0, 0.1) is 5.41 Å². The second-order valence-electron chi connectivity index (χ2n) is 5.50. The van der Waals surface area contributed by atoms with Crippen LogP contribution in [0.1, 0.15) is 43.5 Å². The van der Waals surface area contributed by atoms with Crippen molar-refractivity contribution in [1.82, 2.24) is 14.7 Å². The lowest BCUT2D eigenvalue weighted by Gasteiger charge is -2.31. The van der Waals surface area contributed by atoms with Gasteiger partial charge in [-0.3, -0.25) is 4.79 Å². The van der Waals surface area contributed by atoms with Crippen molar-refractivity contribution in [3.63, 3.8) is 0 Å². The summed E-state index contributed by atoms with van der Waals surface area (Å²) in [6.07, 6.45) is 7.85. The van der Waals surface area contributed by atoms with Gasteiger partial charge in [0.2, 0.25) is 0 Å². The van der Waals surface area contributed by atoms with Gasteiger partial charge in [0, 0.05) is 24.9 Å². The molecule has 2 N–H and O–H groups in total. The van der Waals surface area contributed by atoms with Gasteiger partial charge in [-0.1, -0.05) is 13.8 Å². The minimum atomic E-state index is -0.0806. The average molecular weight is 289 g/mol. The number of rotatable bonds is 7. The number of fused-ring (bicyclic) bond motifs is 1. The highest BCUT2D eigenvalue weighted by Crippen LogP contribution is 2.29. The first-order valence-corrected chi connectivity index (χ1v) is 7.45. The van der Waals surface area contributed by atoms with Gasteiger partial charge in [-0.25, -0.2) is 4.98 Å². The first kappa shape index (κ1) is 15.5. The smallest absolute Gasteiger partial charge is 0.251 e. The Hall–Kier alpha value is -1.88. The molecule has 0 unspecified atom stereocenters. The van der Waals surface area contributed by atoms with E-state index in [9.17, 15) is 9.90 Å². The molecule has 0 aliphatic carbocycles. The molecule has 21 heavy (non-hydrogen) atoms. The van der Waals surface area contributed by atoms with Crippen molar-refractivity contribution in [2.75, 3.05) is 13.2 Å². The Labute approximate surface area is 125 Å². The number of hydrogen-bond acceptors (Lipinski definition) is 3. The van der Waals surface area contributed by atoms with Crippen molar-refractivity contribution < 1.29 is 9.90 Å². The van der Waals surface area contributed by atoms with Crippen LogP contribution in [0.4, 0.5) is 0 Å². The van der Waals surface area contributed by atoms with Crippen LogP contribution in [-0.4, -0.2) is 33.6 Å². The summed E-state index contributed by atoms with van der Waals surface area (Å²) in [4.78, 5) is 16.3. The highest BCUT2D eigenvalue weighted by molar-refractivity contribution is 5.95. The fourth-order valence-electron chi connectivity index (χ4n) is 2.61. The predicted octanol–water partition coefficient (Wildman–Crippen LogP) is 2.25. The van der Waals surface area contributed by atoms with Gasteiger partial charge in [0.25, 0.3) is 5.91 Å². The third-order valence-corrected chi connectivity index (χ3v) is 4.44. The molecule has 2 rings (SSSR count). The third kappa shape index (κ3) is 3.42. The Morgan fingerprint density at radius 3 is 2.86 bits per heavy atom. The van der Waals surface area contributed by atoms with Gasteiger partial charge in [0.1, 0.15) is 0 Å². The first-order valence-electron chi connectivity index (χ1n) is 7.45. The number of nitrogens with one attached hydrogen (secondary N) is 1. The Kier molecular flexibility index (Phi) is 4.96. The molecule has 114 valence electrons. The number of aromatic nitrogens is 2. The summed E-state index contributed by atoms with van der Waals surface area (Å²) in [5, 5.41) is 12.2. The van der Waals surface area contributed by atoms with Gasteiger partial charge in [-0.2, -0.15) is 0 Å². The molecule has 0 atom stereocenters. The van der Waals surface area contributed by atoms with Crippen LogP contribution >= 0.6 is 0 Å². The standard InChI is InChI=1S/C16H23N3O2/c1-3-16(4-2,6-8-20)11-18-15(21)13-5-7-19-12-17-10-14(19)9-13/h5,7,9-10,12,20H,3-4,6,8,11H2,1-2H3,(H,18,21). The van der Waals surface area contributed by atoms with Gasteiger partial charge in [0.15, 0.2) is 0 Å². The van der Waals surface area contributed by atoms with Crippen molar-refractivity contribution in [2.24, 2.45) is 5.41 Å². The lowest BCUT2D eigenvalue weighted by atomic mass is 9.79. The monoisotopic (exact) mass is 289 g/mol. The predicted molar refractivity (Wildman–Crippen MR) is 82.2 cm³/mol. The van der Waals surface area contributed by atoms with Crippen molar-refractivity contribution in [1.29, 1.82) is 0 Å². The van der Waals surface area contributed by atoms with Crippen molar-refractivity contribution >= 4 is 11.4 Å². The Bertz CT molecular complexity index is 602. The van der Waals surface area contributed by atoms with E-state index < -0.39 is 0 Å². The maximum absolute atomic E-state index is 12.3. The molecule has 0 spiro atoms. The Morgan fingerprint density at radius 2 is 2.19 bits per heavy atom. The van der Waals surface area contributed by atoms with E-state index in [1.54, 1.807) is 18.6 Å². The number of nitrogens with zero attached hydrogens (tertiary/aromatic N) is 2. The number of aliphatic hydroxyl groups is 1. The molecule has 0 aliphatic heterocycles. The molecule has 2 heterocycles. The van der Waals surface area contributed by atoms with E-state index in [0.717, 1.165) is 18.4 Å². The van der Waals surface area contributed by atoms with E-state index >= 15 is 0 Å². The molecule has 0 aliphatic rings. The fraction of sp³-hybridized carbons (Fsp3) is 0.500. The average Bonchev–Trinajstić information content (AvgIpc) is 2.98. The van der Waals surface area contributed by atoms with Crippen LogP contribution < -0.4 is 5.32 Å². The molecule has 5 nitrogen and oxygen atoms in total. The van der Waals surface area contributed by atoms with E-state index in [-0.39, 0.29) is 17.9 Å². The van der Waals surface area contributed by atoms with E-state index in [1.165, 1.54) is 0 Å². The molecular weight excluding hydrogens is 266 g/mol. The molecule has 0 saturated heterocycles. The summed E-state index contributed by atoms with van der Waals surface area (Å²) < 4.78 is 1.87. The number of pyridine rings is 1. The number of carbonyl (C=O) groups is 1. The largest absolute Gasteiger partial charge is 0.396 e. The third-order valence-electron chi connectivity index (χ3n) is 4.44. The van der Waals surface area contributed by atoms with E-state index in [1.807, 2.05) is 16.7 Å². The quantitative estimate of drug-likeness (QED) is 0.821. The van der Waals surface area contributed by atoms with Crippen LogP contribution in [0.5, 0.6) is 0 Å². The highest BCUT2D eigenvalue weighted by Gasteiger charge is 2.26. The second kappa shape index (κ2) is 6.72. The van der Waals surface area contributed by atoms with Gasteiger partial charge in [-0.05, 0) is 36.8 Å². The summed E-state index contributed by atoms with van der Waals surface area (Å²) in [5.41, 5.74) is 1.51. The lowest BCUT2D eigenvalue weighted by Crippen LogP contribution is -2.37. The van der Waals surface area contributed by atoms with Gasteiger partial charge >= 0.3 is 0 Å². The number of aliphatic hydroxyl groups excluding tert-OH is 1. The topological polar surface area (TPSA) is 66.6 Å². The summed E-state index contributed by atoms with van der Waals surface area (Å²) in [7, 11) is 0. The van der Waals surface area contributed by atoms with Crippen LogP contribution in [0.25, 0.3) is 5.52 Å². The second-order valence-corrected chi connectivity index (χ2v) is 5.50. The maximum atomic E-state index is 12.3. The number of carbonyl (C=O) groups excluding carboxylic acids is 1. The normalized spacial score (nSPS) is 11.8. The maximum Gasteiger partial charge on any atom is 0.251 e. The van der Waals surface area contributed by atoms with Gasteiger partial charge in [0.05, 0.1) is 18.0 Å². The Morgan fingerprint density at radius 1 is 1.43 bits per heavy atom. The van der Waals surface area contributed by atoms with Crippen molar-refractivity contribution in [3.05, 3.63) is 36.4 Å². The van der Waals surface area contributed by atoms with Crippen molar-refractivity contribution in [3.8, 4) is 0 Å². The molecule has 0 fully saturated rings. The minimum Gasteiger partial charge on any atom is -0.396 e. The first-order chi connectivity index (χ1) is 10.1. The van der Waals surface area contributed by atoms with Crippen LogP contribution in [0.15, 0.2) is 30.9 Å². The van der Waals surface area contributed by atoms with Crippen LogP contribution in [-0.2, 0) is 0 Å².